The number of benzene rings is 7. The molecule has 3 nitrogen and oxygen atoms in total. The lowest BCUT2D eigenvalue weighted by Crippen LogP contribution is -1.96. The van der Waals surface area contributed by atoms with Crippen molar-refractivity contribution < 1.29 is 0 Å². The van der Waals surface area contributed by atoms with E-state index in [0.717, 1.165) is 44.9 Å². The van der Waals surface area contributed by atoms with Gasteiger partial charge in [-0.15, -0.1) is 22.7 Å². The second-order valence-electron chi connectivity index (χ2n) is 13.5. The van der Waals surface area contributed by atoms with Gasteiger partial charge in [0.05, 0.1) is 27.3 Å². The molecule has 0 aliphatic rings. The molecule has 0 atom stereocenters. The van der Waals surface area contributed by atoms with Crippen LogP contribution >= 0.6 is 22.7 Å². The number of hydrogen-bond acceptors (Lipinski definition) is 5. The molecule has 0 N–H and O–H groups in total. The summed E-state index contributed by atoms with van der Waals surface area (Å²) in [6.07, 6.45) is 0. The number of aromatic nitrogens is 3. The first-order valence-electron chi connectivity index (χ1n) is 18.0. The minimum atomic E-state index is 0.704. The van der Waals surface area contributed by atoms with Gasteiger partial charge < -0.3 is 0 Å². The van der Waals surface area contributed by atoms with Gasteiger partial charge in [-0.2, -0.15) is 0 Å². The van der Waals surface area contributed by atoms with Crippen LogP contribution < -0.4 is 0 Å². The van der Waals surface area contributed by atoms with E-state index in [2.05, 4.69) is 152 Å². The zero-order valence-electron chi connectivity index (χ0n) is 28.9. The Kier molecular flexibility index (Phi) is 7.22. The van der Waals surface area contributed by atoms with Crippen LogP contribution in [0.3, 0.4) is 0 Å². The van der Waals surface area contributed by atoms with Crippen LogP contribution in [0.15, 0.2) is 176 Å². The molecular formula is C49H29N3S2. The first-order chi connectivity index (χ1) is 26.7. The molecule has 0 fully saturated rings. The number of rotatable bonds is 5. The van der Waals surface area contributed by atoms with Gasteiger partial charge >= 0.3 is 0 Å². The van der Waals surface area contributed by atoms with Crippen LogP contribution in [0.1, 0.15) is 0 Å². The zero-order valence-corrected chi connectivity index (χ0v) is 30.5. The normalized spacial score (nSPS) is 11.7. The second kappa shape index (κ2) is 12.6. The third kappa shape index (κ3) is 5.12. The third-order valence-electron chi connectivity index (χ3n) is 10.3. The highest BCUT2D eigenvalue weighted by atomic mass is 32.1. The molecule has 7 aromatic carbocycles. The van der Waals surface area contributed by atoms with Crippen LogP contribution in [-0.2, 0) is 0 Å². The molecule has 0 unspecified atom stereocenters. The molecular weight excluding hydrogens is 695 g/mol. The van der Waals surface area contributed by atoms with Crippen LogP contribution in [0, 0.1) is 0 Å². The van der Waals surface area contributed by atoms with Gasteiger partial charge in [-0.3, -0.25) is 0 Å². The van der Waals surface area contributed by atoms with Crippen molar-refractivity contribution in [2.75, 3.05) is 0 Å². The lowest BCUT2D eigenvalue weighted by molar-refractivity contribution is 1.18. The van der Waals surface area contributed by atoms with Gasteiger partial charge in [0.15, 0.2) is 5.82 Å². The van der Waals surface area contributed by atoms with Crippen molar-refractivity contribution in [2.45, 2.75) is 0 Å². The number of fused-ring (bicyclic) bond motifs is 8. The smallest absolute Gasteiger partial charge is 0.160 e. The summed E-state index contributed by atoms with van der Waals surface area (Å²) in [4.78, 5) is 15.6. The van der Waals surface area contributed by atoms with Crippen molar-refractivity contribution in [2.24, 2.45) is 0 Å². The Bertz CT molecular complexity index is 3160. The molecule has 0 aliphatic carbocycles. The fourth-order valence-electron chi connectivity index (χ4n) is 7.76. The molecule has 0 saturated heterocycles. The van der Waals surface area contributed by atoms with Crippen molar-refractivity contribution in [3.05, 3.63) is 176 Å². The summed E-state index contributed by atoms with van der Waals surface area (Å²) in [5.41, 5.74) is 10.3. The Morgan fingerprint density at radius 3 is 1.76 bits per heavy atom. The van der Waals surface area contributed by atoms with E-state index in [9.17, 15) is 0 Å². The highest BCUT2D eigenvalue weighted by molar-refractivity contribution is 7.26. The molecule has 0 bridgehead atoms. The van der Waals surface area contributed by atoms with Crippen LogP contribution in [0.25, 0.3) is 108 Å². The summed E-state index contributed by atoms with van der Waals surface area (Å²) in [5.74, 6) is 0.704. The van der Waals surface area contributed by atoms with Crippen molar-refractivity contribution in [1.82, 2.24) is 15.0 Å². The maximum absolute atomic E-state index is 5.45. The van der Waals surface area contributed by atoms with Crippen LogP contribution in [0.5, 0.6) is 0 Å². The summed E-state index contributed by atoms with van der Waals surface area (Å²) in [6, 6.07) is 62.3. The summed E-state index contributed by atoms with van der Waals surface area (Å²) < 4.78 is 5.07. The maximum atomic E-state index is 5.45. The number of nitrogens with zero attached hydrogens (tertiary/aromatic N) is 3. The van der Waals surface area contributed by atoms with Gasteiger partial charge in [0.2, 0.25) is 0 Å². The molecule has 252 valence electrons. The van der Waals surface area contributed by atoms with E-state index in [1.54, 1.807) is 0 Å². The second-order valence-corrected chi connectivity index (χ2v) is 15.7. The maximum Gasteiger partial charge on any atom is 0.160 e. The minimum Gasteiger partial charge on any atom is -0.246 e. The predicted molar refractivity (Wildman–Crippen MR) is 230 cm³/mol. The van der Waals surface area contributed by atoms with Gasteiger partial charge in [0, 0.05) is 63.3 Å². The van der Waals surface area contributed by atoms with E-state index >= 15 is 0 Å². The van der Waals surface area contributed by atoms with Gasteiger partial charge in [-0.1, -0.05) is 133 Å². The van der Waals surface area contributed by atoms with E-state index in [0.29, 0.717) is 5.82 Å². The quantitative estimate of drug-likeness (QED) is 0.177. The number of pyridine rings is 1. The van der Waals surface area contributed by atoms with Gasteiger partial charge in [0.25, 0.3) is 0 Å². The lowest BCUT2D eigenvalue weighted by Gasteiger charge is -2.12. The van der Waals surface area contributed by atoms with Crippen LogP contribution in [0.4, 0.5) is 0 Å². The van der Waals surface area contributed by atoms with Crippen molar-refractivity contribution in [1.29, 1.82) is 0 Å². The first kappa shape index (κ1) is 31.0. The fraction of sp³-hybridized carbons (Fsp3) is 0. The molecule has 0 aliphatic heterocycles. The Morgan fingerprint density at radius 1 is 0.352 bits per heavy atom. The molecule has 54 heavy (non-hydrogen) atoms. The van der Waals surface area contributed by atoms with E-state index in [1.165, 1.54) is 56.9 Å². The predicted octanol–water partition coefficient (Wildman–Crippen LogP) is 14.1. The van der Waals surface area contributed by atoms with E-state index < -0.39 is 0 Å². The van der Waals surface area contributed by atoms with Crippen molar-refractivity contribution in [3.63, 3.8) is 0 Å². The molecule has 11 rings (SSSR count). The monoisotopic (exact) mass is 723 g/mol. The summed E-state index contributed by atoms with van der Waals surface area (Å²) in [5, 5.41) is 6.32. The fourth-order valence-corrected chi connectivity index (χ4v) is 10.1. The van der Waals surface area contributed by atoms with Gasteiger partial charge in [-0.25, -0.2) is 15.0 Å². The molecule has 0 saturated carbocycles. The van der Waals surface area contributed by atoms with Crippen molar-refractivity contribution in [3.8, 4) is 56.3 Å². The average molecular weight is 724 g/mol. The van der Waals surface area contributed by atoms with Gasteiger partial charge in [-0.05, 0) is 53.6 Å². The largest absolute Gasteiger partial charge is 0.246 e. The van der Waals surface area contributed by atoms with E-state index in [1.807, 2.05) is 46.9 Å². The van der Waals surface area contributed by atoms with Crippen molar-refractivity contribution >= 4 is 73.9 Å². The summed E-state index contributed by atoms with van der Waals surface area (Å²) in [7, 11) is 0. The topological polar surface area (TPSA) is 38.7 Å². The molecule has 11 aromatic rings. The van der Waals surface area contributed by atoms with E-state index in [-0.39, 0.29) is 0 Å². The highest BCUT2D eigenvalue weighted by Crippen LogP contribution is 2.45. The molecule has 0 amide bonds. The third-order valence-corrected chi connectivity index (χ3v) is 12.6. The molecule has 0 radical (unpaired) electrons. The first-order valence-corrected chi connectivity index (χ1v) is 19.6. The SMILES string of the molecule is c1ccc(-c2cc(-c3cccc(-c4nc5ccc(-c6cccc7sc8ccccc8c67)cc5c5c4sc4ccccc45)c3)nc(-c3ccccc3)n2)cc1. The zero-order chi connectivity index (χ0) is 35.6. The Balaban J connectivity index is 1.11. The standard InChI is InChI=1S/C49H29N3S2/c1-3-13-30(14-4-1)40-29-41(52-49(51-40)31-15-5-2-6-16-31)33-17-11-18-34(27-33)47-48-46(37-20-8-10-23-43(37)54-48)38-28-32(25-26-39(38)50-47)35-21-12-24-44-45(35)36-19-7-9-22-42(36)53-44/h1-29H. The summed E-state index contributed by atoms with van der Waals surface area (Å²) >= 11 is 3.68. The Morgan fingerprint density at radius 2 is 0.963 bits per heavy atom. The minimum absolute atomic E-state index is 0.704. The summed E-state index contributed by atoms with van der Waals surface area (Å²) in [6.45, 7) is 0. The molecule has 0 spiro atoms. The van der Waals surface area contributed by atoms with Gasteiger partial charge in [0.1, 0.15) is 0 Å². The Labute approximate surface area is 319 Å². The lowest BCUT2D eigenvalue weighted by atomic mass is 9.96. The molecule has 4 heterocycles. The Hall–Kier alpha value is -6.53. The van der Waals surface area contributed by atoms with Crippen LogP contribution in [-0.4, -0.2) is 15.0 Å². The van der Waals surface area contributed by atoms with Crippen LogP contribution in [0.2, 0.25) is 0 Å². The molecule has 4 aromatic heterocycles. The number of hydrogen-bond donors (Lipinski definition) is 0. The highest BCUT2D eigenvalue weighted by Gasteiger charge is 2.19. The average Bonchev–Trinajstić information content (AvgIpc) is 3.83. The number of thiophene rings is 2. The van der Waals surface area contributed by atoms with E-state index in [4.69, 9.17) is 15.0 Å². The molecule has 5 heteroatoms.